The highest BCUT2D eigenvalue weighted by molar-refractivity contribution is 5.73. The predicted octanol–water partition coefficient (Wildman–Crippen LogP) is 1.72. The molecule has 0 bridgehead atoms. The number of nitrogens with zero attached hydrogens (tertiary/aromatic N) is 1. The Morgan fingerprint density at radius 3 is 2.50 bits per heavy atom. The molecule has 0 aromatic rings. The molecule has 0 spiro atoms. The molecule has 0 radical (unpaired) electrons. The Labute approximate surface area is 98.2 Å². The van der Waals surface area contributed by atoms with Crippen molar-refractivity contribution in [3.05, 3.63) is 25.3 Å². The predicted molar refractivity (Wildman–Crippen MR) is 67.2 cm³/mol. The molecule has 1 rings (SSSR count). The van der Waals surface area contributed by atoms with Crippen molar-refractivity contribution in [2.45, 2.75) is 38.3 Å². The molecule has 0 aromatic heterocycles. The van der Waals surface area contributed by atoms with Gasteiger partial charge < -0.3 is 5.32 Å². The maximum Gasteiger partial charge on any atom is 0.217 e. The molecule has 1 saturated carbocycles. The van der Waals surface area contributed by atoms with Crippen molar-refractivity contribution in [3.63, 3.8) is 0 Å². The van der Waals surface area contributed by atoms with E-state index < -0.39 is 0 Å². The average Bonchev–Trinajstić information content (AvgIpc) is 2.64. The van der Waals surface area contributed by atoms with Gasteiger partial charge in [-0.15, -0.1) is 13.2 Å². The lowest BCUT2D eigenvalue weighted by Gasteiger charge is -2.31. The Morgan fingerprint density at radius 1 is 1.38 bits per heavy atom. The maximum atomic E-state index is 11.1. The van der Waals surface area contributed by atoms with Crippen molar-refractivity contribution in [3.8, 4) is 0 Å². The summed E-state index contributed by atoms with van der Waals surface area (Å²) in [6.45, 7) is 10.8. The zero-order chi connectivity index (χ0) is 12.0. The molecule has 16 heavy (non-hydrogen) atoms. The molecular weight excluding hydrogens is 200 g/mol. The quantitative estimate of drug-likeness (QED) is 0.694. The second-order valence-electron chi connectivity index (χ2n) is 4.34. The van der Waals surface area contributed by atoms with Crippen LogP contribution in [0.15, 0.2) is 25.3 Å². The highest BCUT2D eigenvalue weighted by Crippen LogP contribution is 2.24. The maximum absolute atomic E-state index is 11.1. The van der Waals surface area contributed by atoms with E-state index >= 15 is 0 Å². The summed E-state index contributed by atoms with van der Waals surface area (Å²) in [6.07, 6.45) is 7.22. The fraction of sp³-hybridized carbons (Fsp3) is 0.615. The molecule has 1 aliphatic rings. The van der Waals surface area contributed by atoms with Gasteiger partial charge in [-0.05, 0) is 19.3 Å². The van der Waals surface area contributed by atoms with Gasteiger partial charge in [-0.1, -0.05) is 12.2 Å². The van der Waals surface area contributed by atoms with Crippen LogP contribution in [0.5, 0.6) is 0 Å². The first-order valence-electron chi connectivity index (χ1n) is 5.92. The minimum atomic E-state index is 0.0639. The van der Waals surface area contributed by atoms with Gasteiger partial charge in [0.1, 0.15) is 0 Å². The smallest absolute Gasteiger partial charge is 0.217 e. The van der Waals surface area contributed by atoms with Crippen LogP contribution in [0, 0.1) is 0 Å². The topological polar surface area (TPSA) is 32.3 Å². The van der Waals surface area contributed by atoms with Gasteiger partial charge in [0, 0.05) is 32.1 Å². The van der Waals surface area contributed by atoms with Crippen LogP contribution in [0.25, 0.3) is 0 Å². The molecule has 0 aromatic carbocycles. The minimum Gasteiger partial charge on any atom is -0.352 e. The summed E-state index contributed by atoms with van der Waals surface area (Å²) in [5.41, 5.74) is 0. The van der Waals surface area contributed by atoms with Gasteiger partial charge >= 0.3 is 0 Å². The van der Waals surface area contributed by atoms with Crippen LogP contribution in [0.2, 0.25) is 0 Å². The van der Waals surface area contributed by atoms with Gasteiger partial charge in [0.25, 0.3) is 0 Å². The van der Waals surface area contributed by atoms with Crippen LogP contribution >= 0.6 is 0 Å². The van der Waals surface area contributed by atoms with Crippen LogP contribution in [-0.2, 0) is 4.79 Å². The van der Waals surface area contributed by atoms with Crippen molar-refractivity contribution < 1.29 is 4.79 Å². The molecule has 3 nitrogen and oxygen atoms in total. The molecule has 0 aliphatic heterocycles. The number of amides is 1. The second-order valence-corrected chi connectivity index (χ2v) is 4.34. The average molecular weight is 222 g/mol. The van der Waals surface area contributed by atoms with E-state index in [9.17, 15) is 4.79 Å². The molecule has 90 valence electrons. The Bertz CT molecular complexity index is 253. The van der Waals surface area contributed by atoms with Crippen LogP contribution in [0.3, 0.4) is 0 Å². The van der Waals surface area contributed by atoms with E-state index in [1.807, 2.05) is 12.2 Å². The standard InChI is InChI=1S/C13H22N2O/c1-4-9-15(10-5-2)13-8-6-7-12(13)14-11(3)16/h4-5,12-13H,1-2,6-10H2,3H3,(H,14,16). The summed E-state index contributed by atoms with van der Waals surface area (Å²) in [4.78, 5) is 13.4. The lowest BCUT2D eigenvalue weighted by atomic mass is 10.1. The second kappa shape index (κ2) is 6.48. The fourth-order valence-electron chi connectivity index (χ4n) is 2.48. The molecule has 0 heterocycles. The highest BCUT2D eigenvalue weighted by atomic mass is 16.1. The molecule has 2 atom stereocenters. The molecule has 3 heteroatoms. The molecule has 0 saturated heterocycles. The first-order chi connectivity index (χ1) is 7.69. The lowest BCUT2D eigenvalue weighted by Crippen LogP contribution is -2.48. The van der Waals surface area contributed by atoms with Crippen molar-refractivity contribution in [1.29, 1.82) is 0 Å². The number of rotatable bonds is 6. The number of hydrogen-bond donors (Lipinski definition) is 1. The van der Waals surface area contributed by atoms with Crippen LogP contribution in [-0.4, -0.2) is 36.0 Å². The molecule has 1 amide bonds. The third-order valence-corrected chi connectivity index (χ3v) is 3.06. The van der Waals surface area contributed by atoms with E-state index in [-0.39, 0.29) is 11.9 Å². The van der Waals surface area contributed by atoms with E-state index in [1.54, 1.807) is 6.92 Å². The number of carbonyl (C=O) groups excluding carboxylic acids is 1. The molecule has 1 fully saturated rings. The monoisotopic (exact) mass is 222 g/mol. The van der Waals surface area contributed by atoms with E-state index in [1.165, 1.54) is 6.42 Å². The first kappa shape index (κ1) is 13.0. The number of carbonyl (C=O) groups is 1. The van der Waals surface area contributed by atoms with Crippen LogP contribution in [0.4, 0.5) is 0 Å². The summed E-state index contributed by atoms with van der Waals surface area (Å²) in [7, 11) is 0. The number of nitrogens with one attached hydrogen (secondary N) is 1. The van der Waals surface area contributed by atoms with Gasteiger partial charge in [-0.2, -0.15) is 0 Å². The Kier molecular flexibility index (Phi) is 5.26. The summed E-state index contributed by atoms with van der Waals surface area (Å²) in [5, 5.41) is 3.04. The van der Waals surface area contributed by atoms with Gasteiger partial charge in [0.15, 0.2) is 0 Å². The van der Waals surface area contributed by atoms with E-state index in [0.29, 0.717) is 6.04 Å². The van der Waals surface area contributed by atoms with Gasteiger partial charge in [0.2, 0.25) is 5.91 Å². The van der Waals surface area contributed by atoms with Crippen molar-refractivity contribution in [2.24, 2.45) is 0 Å². The van der Waals surface area contributed by atoms with Crippen molar-refractivity contribution >= 4 is 5.91 Å². The zero-order valence-electron chi connectivity index (χ0n) is 10.1. The summed E-state index contributed by atoms with van der Waals surface area (Å²) >= 11 is 0. The fourth-order valence-corrected chi connectivity index (χ4v) is 2.48. The summed E-state index contributed by atoms with van der Waals surface area (Å²) < 4.78 is 0. The van der Waals surface area contributed by atoms with Crippen LogP contribution < -0.4 is 5.32 Å². The van der Waals surface area contributed by atoms with Gasteiger partial charge in [-0.3, -0.25) is 9.69 Å². The summed E-state index contributed by atoms with van der Waals surface area (Å²) in [6, 6.07) is 0.720. The normalized spacial score (nSPS) is 24.4. The molecular formula is C13H22N2O. The molecule has 1 N–H and O–H groups in total. The molecule has 2 unspecified atom stereocenters. The van der Waals surface area contributed by atoms with E-state index in [0.717, 1.165) is 25.9 Å². The Morgan fingerprint density at radius 2 is 2.00 bits per heavy atom. The van der Waals surface area contributed by atoms with E-state index in [2.05, 4.69) is 23.4 Å². The van der Waals surface area contributed by atoms with Gasteiger partial charge in [-0.25, -0.2) is 0 Å². The summed E-state index contributed by atoms with van der Waals surface area (Å²) in [5.74, 6) is 0.0639. The highest BCUT2D eigenvalue weighted by Gasteiger charge is 2.31. The Balaban J connectivity index is 2.61. The molecule has 1 aliphatic carbocycles. The van der Waals surface area contributed by atoms with Crippen molar-refractivity contribution in [2.75, 3.05) is 13.1 Å². The van der Waals surface area contributed by atoms with Crippen LogP contribution in [0.1, 0.15) is 26.2 Å². The van der Waals surface area contributed by atoms with E-state index in [4.69, 9.17) is 0 Å². The zero-order valence-corrected chi connectivity index (χ0v) is 10.1. The van der Waals surface area contributed by atoms with Gasteiger partial charge in [0.05, 0.1) is 0 Å². The SMILES string of the molecule is C=CCN(CC=C)C1CCCC1NC(C)=O. The third-order valence-electron chi connectivity index (χ3n) is 3.06. The Hall–Kier alpha value is -1.09. The first-order valence-corrected chi connectivity index (χ1v) is 5.92. The third kappa shape index (κ3) is 3.49. The van der Waals surface area contributed by atoms with Crippen molar-refractivity contribution in [1.82, 2.24) is 10.2 Å². The largest absolute Gasteiger partial charge is 0.352 e. The lowest BCUT2D eigenvalue weighted by molar-refractivity contribution is -0.120. The minimum absolute atomic E-state index is 0.0639. The number of hydrogen-bond acceptors (Lipinski definition) is 2.